The Hall–Kier alpha value is -3.47. The van der Waals surface area contributed by atoms with Crippen molar-refractivity contribution in [2.24, 2.45) is 20.0 Å². The molecule has 182 valence electrons. The number of esters is 2. The molecule has 0 unspecified atom stereocenters. The number of nitrogens with zero attached hydrogens (tertiary/aromatic N) is 2. The predicted octanol–water partition coefficient (Wildman–Crippen LogP) is 1.64. The molecule has 0 bridgehead atoms. The van der Waals surface area contributed by atoms with E-state index in [-0.39, 0.29) is 12.2 Å². The van der Waals surface area contributed by atoms with Crippen molar-refractivity contribution in [3.63, 3.8) is 0 Å². The van der Waals surface area contributed by atoms with Crippen LogP contribution in [0.5, 0.6) is 0 Å². The first-order valence-electron chi connectivity index (χ1n) is 10.8. The van der Waals surface area contributed by atoms with Crippen molar-refractivity contribution in [1.29, 1.82) is 0 Å². The third-order valence-corrected chi connectivity index (χ3v) is 6.63. The van der Waals surface area contributed by atoms with Crippen LogP contribution in [0.4, 0.5) is 5.00 Å². The third-order valence-electron chi connectivity index (χ3n) is 5.46. The van der Waals surface area contributed by atoms with Crippen LogP contribution in [0, 0.1) is 5.92 Å². The molecule has 3 rings (SSSR count). The molecule has 0 saturated carbocycles. The van der Waals surface area contributed by atoms with Gasteiger partial charge in [0, 0.05) is 31.2 Å². The summed E-state index contributed by atoms with van der Waals surface area (Å²) in [6.45, 7) is 3.50. The molecular formula is C23H27N3O7S. The molecule has 1 amide bonds. The van der Waals surface area contributed by atoms with Crippen LogP contribution in [0.15, 0.2) is 21.9 Å². The fourth-order valence-corrected chi connectivity index (χ4v) is 5.13. The lowest BCUT2D eigenvalue weighted by Gasteiger charge is -2.18. The van der Waals surface area contributed by atoms with Gasteiger partial charge in [-0.15, -0.1) is 11.3 Å². The molecule has 0 saturated heterocycles. The summed E-state index contributed by atoms with van der Waals surface area (Å²) in [6, 6.07) is 0. The average molecular weight is 490 g/mol. The molecule has 1 aliphatic rings. The van der Waals surface area contributed by atoms with E-state index in [1.807, 2.05) is 0 Å². The van der Waals surface area contributed by atoms with Gasteiger partial charge in [-0.3, -0.25) is 14.2 Å². The lowest BCUT2D eigenvalue weighted by Crippen LogP contribution is -2.37. The van der Waals surface area contributed by atoms with Gasteiger partial charge in [0.2, 0.25) is 0 Å². The minimum Gasteiger partial charge on any atom is -0.462 e. The largest absolute Gasteiger partial charge is 0.462 e. The van der Waals surface area contributed by atoms with E-state index in [0.29, 0.717) is 16.5 Å². The number of anilines is 1. The van der Waals surface area contributed by atoms with E-state index in [2.05, 4.69) is 12.2 Å². The highest BCUT2D eigenvalue weighted by Gasteiger charge is 2.29. The zero-order chi connectivity index (χ0) is 25.0. The van der Waals surface area contributed by atoms with Crippen molar-refractivity contribution in [3.8, 4) is 0 Å². The molecule has 10 nitrogen and oxygen atoms in total. The first kappa shape index (κ1) is 25.2. The molecule has 1 N–H and O–H groups in total. The highest BCUT2D eigenvalue weighted by molar-refractivity contribution is 7.17. The molecule has 2 aromatic heterocycles. The zero-order valence-corrected chi connectivity index (χ0v) is 20.3. The molecule has 0 aromatic carbocycles. The van der Waals surface area contributed by atoms with Crippen molar-refractivity contribution in [1.82, 2.24) is 9.13 Å². The van der Waals surface area contributed by atoms with Crippen molar-refractivity contribution >= 4 is 40.3 Å². The van der Waals surface area contributed by atoms with Crippen LogP contribution >= 0.6 is 11.3 Å². The minimum absolute atomic E-state index is 0.114. The second kappa shape index (κ2) is 10.6. The summed E-state index contributed by atoms with van der Waals surface area (Å²) in [6.07, 6.45) is 6.04. The number of carbonyl (C=O) groups is 3. The smallest absolute Gasteiger partial charge is 0.341 e. The Morgan fingerprint density at radius 1 is 1.24 bits per heavy atom. The minimum atomic E-state index is -0.837. The van der Waals surface area contributed by atoms with Gasteiger partial charge in [0.05, 0.1) is 17.7 Å². The second-order valence-electron chi connectivity index (χ2n) is 8.11. The van der Waals surface area contributed by atoms with Gasteiger partial charge in [-0.1, -0.05) is 6.92 Å². The van der Waals surface area contributed by atoms with E-state index in [1.165, 1.54) is 42.3 Å². The van der Waals surface area contributed by atoms with Gasteiger partial charge >= 0.3 is 17.6 Å². The number of nitrogens with one attached hydrogen (secondary N) is 1. The first-order valence-corrected chi connectivity index (χ1v) is 11.7. The summed E-state index contributed by atoms with van der Waals surface area (Å²) in [5.41, 5.74) is 0.346. The lowest BCUT2D eigenvalue weighted by molar-refractivity contribution is -0.142. The maximum absolute atomic E-state index is 12.5. The standard InChI is InChI=1S/C23H27N3O7S/c1-5-32-22(30)19-15-8-6-13(2)10-16(15)34-20(19)24-17(27)12-33-18(28)9-7-14-11-25(3)23(31)26(4)21(14)29/h7,9,11,13H,5-6,8,10,12H2,1-4H3,(H,24,27)/b9-7+/t13-/m0/s1. The molecule has 2 aromatic rings. The van der Waals surface area contributed by atoms with Crippen LogP contribution < -0.4 is 16.6 Å². The van der Waals surface area contributed by atoms with Crippen LogP contribution in [0.3, 0.4) is 0 Å². The van der Waals surface area contributed by atoms with E-state index < -0.39 is 35.7 Å². The number of hydrogen-bond acceptors (Lipinski definition) is 8. The summed E-state index contributed by atoms with van der Waals surface area (Å²) in [4.78, 5) is 61.9. The topological polar surface area (TPSA) is 126 Å². The zero-order valence-electron chi connectivity index (χ0n) is 19.5. The highest BCUT2D eigenvalue weighted by atomic mass is 32.1. The first-order chi connectivity index (χ1) is 16.1. The maximum Gasteiger partial charge on any atom is 0.341 e. The molecule has 34 heavy (non-hydrogen) atoms. The van der Waals surface area contributed by atoms with Crippen molar-refractivity contribution in [3.05, 3.63) is 54.7 Å². The number of ether oxygens (including phenoxy) is 2. The highest BCUT2D eigenvalue weighted by Crippen LogP contribution is 2.40. The van der Waals surface area contributed by atoms with Gasteiger partial charge in [-0.25, -0.2) is 14.4 Å². The number of aryl methyl sites for hydroxylation is 1. The van der Waals surface area contributed by atoms with Crippen LogP contribution in [0.2, 0.25) is 0 Å². The van der Waals surface area contributed by atoms with Gasteiger partial charge in [0.1, 0.15) is 5.00 Å². The lowest BCUT2D eigenvalue weighted by atomic mass is 9.88. The van der Waals surface area contributed by atoms with Crippen LogP contribution in [0.1, 0.15) is 46.6 Å². The van der Waals surface area contributed by atoms with Gasteiger partial charge in [0.25, 0.3) is 11.5 Å². The Morgan fingerprint density at radius 2 is 1.97 bits per heavy atom. The molecule has 0 spiro atoms. The molecule has 0 fully saturated rings. The average Bonchev–Trinajstić information content (AvgIpc) is 3.14. The summed E-state index contributed by atoms with van der Waals surface area (Å²) in [7, 11) is 2.81. The number of aromatic nitrogens is 2. The number of amides is 1. The van der Waals surface area contributed by atoms with Gasteiger partial charge < -0.3 is 19.4 Å². The van der Waals surface area contributed by atoms with Crippen molar-refractivity contribution in [2.75, 3.05) is 18.5 Å². The summed E-state index contributed by atoms with van der Waals surface area (Å²) in [5, 5.41) is 3.06. The SMILES string of the molecule is CCOC(=O)c1c(NC(=O)COC(=O)/C=C/c2cn(C)c(=O)n(C)c2=O)sc2c1CC[C@H](C)C2. The number of hydrogen-bond donors (Lipinski definition) is 1. The summed E-state index contributed by atoms with van der Waals surface area (Å²) < 4.78 is 12.3. The molecule has 0 aliphatic heterocycles. The molecule has 11 heteroatoms. The monoisotopic (exact) mass is 489 g/mol. The van der Waals surface area contributed by atoms with Gasteiger partial charge in [-0.05, 0) is 43.7 Å². The summed E-state index contributed by atoms with van der Waals surface area (Å²) >= 11 is 1.34. The van der Waals surface area contributed by atoms with E-state index >= 15 is 0 Å². The third kappa shape index (κ3) is 5.53. The Kier molecular flexibility index (Phi) is 7.87. The number of rotatable bonds is 7. The van der Waals surface area contributed by atoms with Crippen molar-refractivity contribution < 1.29 is 23.9 Å². The van der Waals surface area contributed by atoms with E-state index in [4.69, 9.17) is 9.47 Å². The Balaban J connectivity index is 1.67. The predicted molar refractivity (Wildman–Crippen MR) is 127 cm³/mol. The molecular weight excluding hydrogens is 462 g/mol. The molecule has 1 atom stereocenters. The second-order valence-corrected chi connectivity index (χ2v) is 9.21. The maximum atomic E-state index is 12.5. The Bertz CT molecular complexity index is 1270. The molecule has 1 aliphatic carbocycles. The van der Waals surface area contributed by atoms with Crippen LogP contribution in [-0.2, 0) is 46.0 Å². The fraction of sp³-hybridized carbons (Fsp3) is 0.435. The molecule has 0 radical (unpaired) electrons. The normalized spacial score (nSPS) is 15.1. The van der Waals surface area contributed by atoms with Crippen LogP contribution in [0.25, 0.3) is 6.08 Å². The van der Waals surface area contributed by atoms with E-state index in [0.717, 1.165) is 40.3 Å². The van der Waals surface area contributed by atoms with Gasteiger partial charge in [-0.2, -0.15) is 0 Å². The van der Waals surface area contributed by atoms with E-state index in [9.17, 15) is 24.0 Å². The molecule has 2 heterocycles. The number of carbonyl (C=O) groups excluding carboxylic acids is 3. The van der Waals surface area contributed by atoms with Gasteiger partial charge in [0.15, 0.2) is 6.61 Å². The fourth-order valence-electron chi connectivity index (χ4n) is 3.71. The summed E-state index contributed by atoms with van der Waals surface area (Å²) in [5.74, 6) is -1.43. The Labute approximate surface area is 199 Å². The number of thiophene rings is 1. The van der Waals surface area contributed by atoms with Crippen molar-refractivity contribution in [2.45, 2.75) is 33.1 Å². The number of fused-ring (bicyclic) bond motifs is 1. The Morgan fingerprint density at radius 3 is 2.68 bits per heavy atom. The van der Waals surface area contributed by atoms with E-state index in [1.54, 1.807) is 6.92 Å². The van der Waals surface area contributed by atoms with Crippen LogP contribution in [-0.4, -0.2) is 40.2 Å². The quantitative estimate of drug-likeness (QED) is 0.463.